The van der Waals surface area contributed by atoms with Gasteiger partial charge in [-0.15, -0.1) is 11.3 Å². The molecule has 0 radical (unpaired) electrons. The Balaban J connectivity index is 1.95. The molecule has 2 unspecified atom stereocenters. The number of rotatable bonds is 3. The third kappa shape index (κ3) is 2.25. The van der Waals surface area contributed by atoms with Gasteiger partial charge in [0.25, 0.3) is 0 Å². The maximum Gasteiger partial charge on any atom is 0.123 e. The summed E-state index contributed by atoms with van der Waals surface area (Å²) in [5, 5.41) is 4.13. The minimum Gasteiger partial charge on any atom is -0.366 e. The van der Waals surface area contributed by atoms with Crippen LogP contribution in [0.25, 0.3) is 0 Å². The zero-order valence-corrected chi connectivity index (χ0v) is 9.57. The Labute approximate surface area is 92.4 Å². The van der Waals surface area contributed by atoms with E-state index in [9.17, 15) is 0 Å². The van der Waals surface area contributed by atoms with Crippen LogP contribution in [-0.4, -0.2) is 24.7 Å². The molecule has 78 valence electrons. The third-order valence-corrected chi connectivity index (χ3v) is 3.52. The van der Waals surface area contributed by atoms with E-state index in [-0.39, 0.29) is 6.10 Å². The van der Waals surface area contributed by atoms with E-state index in [1.165, 1.54) is 11.3 Å². The van der Waals surface area contributed by atoms with E-state index in [4.69, 9.17) is 16.3 Å². The molecule has 0 saturated carbocycles. The van der Waals surface area contributed by atoms with Gasteiger partial charge >= 0.3 is 0 Å². The van der Waals surface area contributed by atoms with E-state index >= 15 is 0 Å². The van der Waals surface area contributed by atoms with E-state index in [1.807, 2.05) is 7.05 Å². The number of aromatic nitrogens is 1. The maximum atomic E-state index is 5.83. The molecule has 3 nitrogen and oxygen atoms in total. The van der Waals surface area contributed by atoms with Crippen molar-refractivity contribution in [1.29, 1.82) is 0 Å². The Morgan fingerprint density at radius 2 is 2.57 bits per heavy atom. The Morgan fingerprint density at radius 1 is 1.71 bits per heavy atom. The van der Waals surface area contributed by atoms with E-state index in [0.717, 1.165) is 28.7 Å². The fourth-order valence-corrected chi connectivity index (χ4v) is 2.68. The Hall–Kier alpha value is -0.160. The maximum absolute atomic E-state index is 5.83. The zero-order valence-electron chi connectivity index (χ0n) is 8.00. The van der Waals surface area contributed by atoms with Crippen molar-refractivity contribution in [2.24, 2.45) is 0 Å². The fraction of sp³-hybridized carbons (Fsp3) is 0.667. The number of hydrogen-bond donors (Lipinski definition) is 1. The first kappa shape index (κ1) is 10.4. The Bertz CT molecular complexity index is 305. The van der Waals surface area contributed by atoms with Crippen molar-refractivity contribution in [1.82, 2.24) is 10.3 Å². The van der Waals surface area contributed by atoms with Crippen LogP contribution >= 0.6 is 22.9 Å². The summed E-state index contributed by atoms with van der Waals surface area (Å²) in [5.74, 6) is 0. The summed E-state index contributed by atoms with van der Waals surface area (Å²) >= 11 is 7.34. The van der Waals surface area contributed by atoms with Gasteiger partial charge in [-0.25, -0.2) is 4.98 Å². The van der Waals surface area contributed by atoms with Gasteiger partial charge in [0.05, 0.1) is 12.3 Å². The molecule has 1 aromatic heterocycles. The standard InChI is InChI=1S/C9H13ClN2OS/c1-11-4-6-2-3-7(13-6)9-12-5-8(10)14-9/h5-7,11H,2-4H2,1H3. The summed E-state index contributed by atoms with van der Waals surface area (Å²) in [7, 11) is 1.94. The topological polar surface area (TPSA) is 34.2 Å². The Kier molecular flexibility index (Phi) is 3.38. The summed E-state index contributed by atoms with van der Waals surface area (Å²) in [4.78, 5) is 4.23. The molecule has 2 rings (SSSR count). The molecule has 1 aliphatic heterocycles. The molecule has 14 heavy (non-hydrogen) atoms. The van der Waals surface area contributed by atoms with E-state index < -0.39 is 0 Å². The number of nitrogens with zero attached hydrogens (tertiary/aromatic N) is 1. The second kappa shape index (κ2) is 4.57. The minimum atomic E-state index is 0.158. The first-order valence-corrected chi connectivity index (χ1v) is 5.90. The molecule has 0 amide bonds. The lowest BCUT2D eigenvalue weighted by molar-refractivity contribution is 0.0459. The quantitative estimate of drug-likeness (QED) is 0.868. The summed E-state index contributed by atoms with van der Waals surface area (Å²) in [6, 6.07) is 0. The van der Waals surface area contributed by atoms with Gasteiger partial charge < -0.3 is 10.1 Å². The number of halogens is 1. The number of hydrogen-bond acceptors (Lipinski definition) is 4. The van der Waals surface area contributed by atoms with Gasteiger partial charge in [0.1, 0.15) is 15.4 Å². The first-order valence-electron chi connectivity index (χ1n) is 4.71. The first-order chi connectivity index (χ1) is 6.79. The normalized spacial score (nSPS) is 27.0. The predicted molar refractivity (Wildman–Crippen MR) is 57.9 cm³/mol. The molecule has 5 heteroatoms. The molecule has 0 aliphatic carbocycles. The molecular weight excluding hydrogens is 220 g/mol. The number of nitrogens with one attached hydrogen (secondary N) is 1. The molecule has 1 N–H and O–H groups in total. The lowest BCUT2D eigenvalue weighted by Gasteiger charge is -2.10. The van der Waals surface area contributed by atoms with Crippen LogP contribution in [0.2, 0.25) is 4.34 Å². The van der Waals surface area contributed by atoms with E-state index in [1.54, 1.807) is 6.20 Å². The summed E-state index contributed by atoms with van der Waals surface area (Å²) in [6.45, 7) is 0.912. The highest BCUT2D eigenvalue weighted by Crippen LogP contribution is 2.35. The lowest BCUT2D eigenvalue weighted by Crippen LogP contribution is -2.22. The molecule has 1 fully saturated rings. The number of likely N-dealkylation sites (N-methyl/N-ethyl adjacent to an activating group) is 1. The smallest absolute Gasteiger partial charge is 0.123 e. The van der Waals surface area contributed by atoms with Gasteiger partial charge in [0, 0.05) is 6.54 Å². The van der Waals surface area contributed by atoms with Crippen LogP contribution in [0.15, 0.2) is 6.20 Å². The van der Waals surface area contributed by atoms with Crippen molar-refractivity contribution in [3.8, 4) is 0 Å². The summed E-state index contributed by atoms with van der Waals surface area (Å²) in [6.07, 6.45) is 4.33. The average molecular weight is 233 g/mol. The molecular formula is C9H13ClN2OS. The van der Waals surface area contributed by atoms with Gasteiger partial charge in [-0.2, -0.15) is 0 Å². The highest BCUT2D eigenvalue weighted by Gasteiger charge is 2.27. The van der Waals surface area contributed by atoms with E-state index in [2.05, 4.69) is 10.3 Å². The van der Waals surface area contributed by atoms with Crippen molar-refractivity contribution >= 4 is 22.9 Å². The van der Waals surface area contributed by atoms with Gasteiger partial charge in [-0.1, -0.05) is 11.6 Å². The second-order valence-electron chi connectivity index (χ2n) is 3.38. The van der Waals surface area contributed by atoms with Gasteiger partial charge in [0.15, 0.2) is 0 Å². The lowest BCUT2D eigenvalue weighted by atomic mass is 10.2. The van der Waals surface area contributed by atoms with Gasteiger partial charge in [-0.3, -0.25) is 0 Å². The highest BCUT2D eigenvalue weighted by molar-refractivity contribution is 7.15. The summed E-state index contributed by atoms with van der Waals surface area (Å²) < 4.78 is 6.56. The van der Waals surface area contributed by atoms with E-state index in [0.29, 0.717) is 6.10 Å². The number of thiazole rings is 1. The van der Waals surface area contributed by atoms with Crippen LogP contribution in [-0.2, 0) is 4.74 Å². The molecule has 0 spiro atoms. The molecule has 0 aromatic carbocycles. The van der Waals surface area contributed by atoms with Gasteiger partial charge in [0.2, 0.25) is 0 Å². The van der Waals surface area contributed by atoms with Crippen molar-refractivity contribution in [2.45, 2.75) is 25.0 Å². The van der Waals surface area contributed by atoms with Gasteiger partial charge in [-0.05, 0) is 19.9 Å². The molecule has 2 atom stereocenters. The molecule has 0 bridgehead atoms. The van der Waals surface area contributed by atoms with Crippen LogP contribution in [0, 0.1) is 0 Å². The third-order valence-electron chi connectivity index (χ3n) is 2.31. The van der Waals surface area contributed by atoms with Crippen molar-refractivity contribution in [3.63, 3.8) is 0 Å². The summed E-state index contributed by atoms with van der Waals surface area (Å²) in [5.41, 5.74) is 0. The minimum absolute atomic E-state index is 0.158. The average Bonchev–Trinajstić information content (AvgIpc) is 2.74. The van der Waals surface area contributed by atoms with Crippen molar-refractivity contribution < 1.29 is 4.74 Å². The second-order valence-corrected chi connectivity index (χ2v) is 5.08. The number of ether oxygens (including phenoxy) is 1. The van der Waals surface area contributed by atoms with Crippen LogP contribution in [0.4, 0.5) is 0 Å². The predicted octanol–water partition coefficient (Wildman–Crippen LogP) is 2.24. The van der Waals surface area contributed by atoms with Crippen molar-refractivity contribution in [3.05, 3.63) is 15.5 Å². The largest absolute Gasteiger partial charge is 0.366 e. The fourth-order valence-electron chi connectivity index (χ4n) is 1.68. The van der Waals surface area contributed by atoms with Crippen LogP contribution < -0.4 is 5.32 Å². The SMILES string of the molecule is CNCC1CCC(c2ncc(Cl)s2)O1. The highest BCUT2D eigenvalue weighted by atomic mass is 35.5. The Morgan fingerprint density at radius 3 is 3.21 bits per heavy atom. The van der Waals surface area contributed by atoms with Crippen molar-refractivity contribution in [2.75, 3.05) is 13.6 Å². The molecule has 1 aromatic rings. The van der Waals surface area contributed by atoms with Crippen LogP contribution in [0.3, 0.4) is 0 Å². The molecule has 1 aliphatic rings. The van der Waals surface area contributed by atoms with Crippen LogP contribution in [0.1, 0.15) is 24.0 Å². The molecule has 1 saturated heterocycles. The zero-order chi connectivity index (χ0) is 9.97. The molecule has 2 heterocycles. The van der Waals surface area contributed by atoms with Crippen LogP contribution in [0.5, 0.6) is 0 Å². The monoisotopic (exact) mass is 232 g/mol.